The predicted octanol–water partition coefficient (Wildman–Crippen LogP) is 7.17. The van der Waals surface area contributed by atoms with Gasteiger partial charge in [-0.3, -0.25) is 4.79 Å². The number of benzene rings is 4. The lowest BCUT2D eigenvalue weighted by atomic mass is 10.1. The summed E-state index contributed by atoms with van der Waals surface area (Å²) < 4.78 is 30.9. The van der Waals surface area contributed by atoms with Gasteiger partial charge < -0.3 is 65.8 Å². The number of amides is 5. The maximum absolute atomic E-state index is 12.8. The molecule has 2 atom stereocenters. The minimum atomic E-state index is -1.14. The molecule has 5 amide bonds. The highest BCUT2D eigenvalue weighted by atomic mass is 16.6. The number of carboxylic acid groups (broad SMARTS) is 1. The molecule has 0 spiro atoms. The Morgan fingerprint density at radius 3 is 1.21 bits per heavy atom. The van der Waals surface area contributed by atoms with E-state index in [0.717, 1.165) is 11.1 Å². The molecule has 0 fully saturated rings. The zero-order valence-electron chi connectivity index (χ0n) is 40.2. The molecule has 0 bridgehead atoms. The number of ether oxygens (including phenoxy) is 6. The van der Waals surface area contributed by atoms with E-state index in [0.29, 0.717) is 37.4 Å². The molecule has 0 aliphatic heterocycles. The number of aliphatic carboxylic acids is 1. The van der Waals surface area contributed by atoms with Gasteiger partial charge in [0.2, 0.25) is 5.91 Å². The summed E-state index contributed by atoms with van der Waals surface area (Å²) in [5, 5.41) is 22.1. The van der Waals surface area contributed by atoms with Gasteiger partial charge in [0.05, 0.1) is 26.4 Å². The highest BCUT2D eigenvalue weighted by molar-refractivity contribution is 5.87. The molecule has 0 saturated carbocycles. The number of alkyl carbamates (subject to hydrolysis) is 4. The van der Waals surface area contributed by atoms with E-state index >= 15 is 0 Å². The van der Waals surface area contributed by atoms with Crippen LogP contribution in [0.25, 0.3) is 0 Å². The van der Waals surface area contributed by atoms with Crippen LogP contribution in [-0.2, 0) is 51.2 Å². The van der Waals surface area contributed by atoms with Crippen LogP contribution in [0.3, 0.4) is 0 Å². The molecule has 19 nitrogen and oxygen atoms in total. The van der Waals surface area contributed by atoms with Gasteiger partial charge >= 0.3 is 30.3 Å². The Hall–Kier alpha value is -7.22. The first-order valence-electron chi connectivity index (χ1n) is 22.2. The van der Waals surface area contributed by atoms with Gasteiger partial charge in [0.15, 0.2) is 6.04 Å². The van der Waals surface area contributed by atoms with Gasteiger partial charge in [0.1, 0.15) is 30.5 Å². The van der Waals surface area contributed by atoms with Crippen LogP contribution in [0.5, 0.6) is 0 Å². The Labute approximate surface area is 411 Å². The van der Waals surface area contributed by atoms with E-state index in [9.17, 15) is 33.9 Å². The molecule has 8 N–H and O–H groups in total. The van der Waals surface area contributed by atoms with E-state index in [4.69, 9.17) is 34.2 Å². The zero-order chi connectivity index (χ0) is 50.9. The number of carboxylic acids is 1. The number of carbonyl (C=O) groups is 6. The highest BCUT2D eigenvalue weighted by Gasteiger charge is 2.24. The summed E-state index contributed by atoms with van der Waals surface area (Å²) in [7, 11) is 0. The minimum absolute atomic E-state index is 0. The third-order valence-electron chi connectivity index (χ3n) is 8.36. The quantitative estimate of drug-likeness (QED) is 0.0323. The summed E-state index contributed by atoms with van der Waals surface area (Å²) in [5.74, 6) is -1.53. The average Bonchev–Trinajstić information content (AvgIpc) is 3.31. The second-order valence-corrected chi connectivity index (χ2v) is 16.6. The lowest BCUT2D eigenvalue weighted by Crippen LogP contribution is -2.41. The van der Waals surface area contributed by atoms with E-state index in [2.05, 4.69) is 26.6 Å². The number of carbonyl (C=O) groups excluding carboxylic acids is 5. The van der Waals surface area contributed by atoms with Gasteiger partial charge in [0, 0.05) is 26.2 Å². The predicted molar refractivity (Wildman–Crippen MR) is 264 cm³/mol. The molecule has 19 heteroatoms. The fourth-order valence-electron chi connectivity index (χ4n) is 5.36. The van der Waals surface area contributed by atoms with Crippen molar-refractivity contribution >= 4 is 36.2 Å². The number of rotatable bonds is 21. The molecule has 384 valence electrons. The van der Waals surface area contributed by atoms with Gasteiger partial charge in [0.25, 0.3) is 0 Å². The summed E-state index contributed by atoms with van der Waals surface area (Å²) in [5.41, 5.74) is 6.99. The van der Waals surface area contributed by atoms with Gasteiger partial charge in [-0.1, -0.05) is 129 Å². The maximum Gasteiger partial charge on any atom is 0.408 e. The van der Waals surface area contributed by atoms with Crippen molar-refractivity contribution in [3.63, 3.8) is 0 Å². The molecule has 4 aromatic carbocycles. The van der Waals surface area contributed by atoms with E-state index in [-0.39, 0.29) is 46.9 Å². The van der Waals surface area contributed by atoms with Crippen LogP contribution >= 0.6 is 0 Å². The fraction of sp³-hybridized carbons (Fsp3) is 0.412. The number of hydrogen-bond donors (Lipinski definition) is 7. The maximum atomic E-state index is 12.8. The van der Waals surface area contributed by atoms with E-state index in [1.165, 1.54) is 0 Å². The van der Waals surface area contributed by atoms with E-state index < -0.39 is 59.5 Å². The SMILES string of the molecule is C.CC(C)(C)OC(=O)NCCOCCN.CC(C)(C)OC(=O)NCCOCCNC(=O)[C@@H](NC(=O)OCc1ccccc1)c1ccccc1.O=C(N[C@H](C(=O)O)c1ccccc1)OCc1ccccc1. The number of nitrogens with one attached hydrogen (secondary N) is 5. The van der Waals surface area contributed by atoms with Gasteiger partial charge in [-0.15, -0.1) is 0 Å². The third-order valence-corrected chi connectivity index (χ3v) is 8.36. The summed E-state index contributed by atoms with van der Waals surface area (Å²) in [6.45, 7) is 13.9. The molecule has 0 aliphatic carbocycles. The van der Waals surface area contributed by atoms with Crippen molar-refractivity contribution in [3.8, 4) is 0 Å². The Bertz CT molecular complexity index is 2090. The lowest BCUT2D eigenvalue weighted by Gasteiger charge is -2.20. The molecule has 0 heterocycles. The lowest BCUT2D eigenvalue weighted by molar-refractivity contribution is -0.139. The van der Waals surface area contributed by atoms with Crippen molar-refractivity contribution in [3.05, 3.63) is 144 Å². The summed E-state index contributed by atoms with van der Waals surface area (Å²) >= 11 is 0. The largest absolute Gasteiger partial charge is 0.479 e. The molecular formula is C51H72N6O13. The van der Waals surface area contributed by atoms with Crippen LogP contribution in [0.15, 0.2) is 121 Å². The smallest absolute Gasteiger partial charge is 0.408 e. The topological polar surface area (TPSA) is 264 Å². The fourth-order valence-corrected chi connectivity index (χ4v) is 5.36. The first-order valence-corrected chi connectivity index (χ1v) is 22.2. The molecule has 0 aliphatic rings. The zero-order valence-corrected chi connectivity index (χ0v) is 40.2. The first kappa shape index (κ1) is 60.8. The van der Waals surface area contributed by atoms with Crippen LogP contribution in [0.1, 0.15) is 83.3 Å². The van der Waals surface area contributed by atoms with Crippen molar-refractivity contribution in [2.45, 2.75) is 85.5 Å². The van der Waals surface area contributed by atoms with Crippen molar-refractivity contribution in [1.29, 1.82) is 0 Å². The monoisotopic (exact) mass is 977 g/mol. The standard InChI is InChI=1S/C25H33N3O6.C16H15NO4.C9H20N2O3.CH4/c1-25(2,3)34-23(30)27-15-17-32-16-14-26-22(29)21(20-12-8-5-9-13-20)28-24(31)33-18-19-10-6-4-7-11-19;18-15(19)14(13-9-5-2-6-10-13)17-16(20)21-11-12-7-3-1-4-8-12;1-9(2,3)14-8(12)11-5-7-13-6-4-10;/h4-13,21H,14-18H2,1-3H3,(H,26,29)(H,27,30)(H,28,31);1-10,14H,11H2,(H,17,20)(H,18,19);4-7,10H2,1-3H3,(H,11,12);1H4/t21-;14-;;/m00../s1. The van der Waals surface area contributed by atoms with E-state index in [1.807, 2.05) is 87.5 Å². The second-order valence-electron chi connectivity index (χ2n) is 16.6. The van der Waals surface area contributed by atoms with Crippen molar-refractivity contribution in [1.82, 2.24) is 26.6 Å². The summed E-state index contributed by atoms with van der Waals surface area (Å²) in [6.07, 6.45) is -2.40. The number of nitrogens with two attached hydrogens (primary N) is 1. The van der Waals surface area contributed by atoms with Crippen LogP contribution in [0.2, 0.25) is 0 Å². The molecule has 0 saturated heterocycles. The van der Waals surface area contributed by atoms with Crippen molar-refractivity contribution < 1.29 is 62.3 Å². The summed E-state index contributed by atoms with van der Waals surface area (Å²) in [4.78, 5) is 70.7. The second kappa shape index (κ2) is 34.1. The molecule has 0 radical (unpaired) electrons. The Kier molecular flexibility index (Phi) is 29.6. The third kappa shape index (κ3) is 29.5. The molecule has 4 aromatic rings. The average molecular weight is 977 g/mol. The molecule has 70 heavy (non-hydrogen) atoms. The number of hydrogen-bond acceptors (Lipinski definition) is 13. The Morgan fingerprint density at radius 2 is 0.843 bits per heavy atom. The van der Waals surface area contributed by atoms with Crippen LogP contribution in [0, 0.1) is 0 Å². The Balaban J connectivity index is 0.000000579. The highest BCUT2D eigenvalue weighted by Crippen LogP contribution is 2.15. The molecule has 0 aromatic heterocycles. The van der Waals surface area contributed by atoms with Gasteiger partial charge in [-0.25, -0.2) is 24.0 Å². The van der Waals surface area contributed by atoms with Crippen molar-refractivity contribution in [2.24, 2.45) is 5.73 Å². The minimum Gasteiger partial charge on any atom is -0.479 e. The van der Waals surface area contributed by atoms with Crippen molar-refractivity contribution in [2.75, 3.05) is 52.6 Å². The Morgan fingerprint density at radius 1 is 0.500 bits per heavy atom. The molecule has 4 rings (SSSR count). The van der Waals surface area contributed by atoms with E-state index in [1.54, 1.807) is 75.4 Å². The molecular weight excluding hydrogens is 905 g/mol. The van der Waals surface area contributed by atoms with Gasteiger partial charge in [-0.2, -0.15) is 0 Å². The van der Waals surface area contributed by atoms with Gasteiger partial charge in [-0.05, 0) is 63.8 Å². The summed E-state index contributed by atoms with van der Waals surface area (Å²) in [6, 6.07) is 33.8. The first-order chi connectivity index (χ1) is 32.9. The normalized spacial score (nSPS) is 11.4. The van der Waals surface area contributed by atoms with Crippen LogP contribution in [0.4, 0.5) is 19.2 Å². The van der Waals surface area contributed by atoms with Crippen LogP contribution < -0.4 is 32.3 Å². The van der Waals surface area contributed by atoms with Crippen LogP contribution in [-0.4, -0.2) is 105 Å². The molecule has 0 unspecified atom stereocenters.